The Labute approximate surface area is 84.1 Å². The number of imidazole rings is 1. The Bertz CT molecular complexity index is 297. The monoisotopic (exact) mass is 195 g/mol. The highest BCUT2D eigenvalue weighted by Gasteiger charge is 2.28. The highest BCUT2D eigenvalue weighted by molar-refractivity contribution is 5.05. The van der Waals surface area contributed by atoms with E-state index in [0.717, 1.165) is 25.1 Å². The third-order valence-corrected chi connectivity index (χ3v) is 2.89. The zero-order valence-corrected chi connectivity index (χ0v) is 8.52. The summed E-state index contributed by atoms with van der Waals surface area (Å²) >= 11 is 0. The van der Waals surface area contributed by atoms with Crippen LogP contribution in [0.15, 0.2) is 12.5 Å². The maximum Gasteiger partial charge on any atom is 0.103 e. The van der Waals surface area contributed by atoms with Crippen LogP contribution in [0, 0.1) is 5.92 Å². The average Bonchev–Trinajstić information content (AvgIpc) is 2.64. The molecule has 2 unspecified atom stereocenters. The minimum absolute atomic E-state index is 0.140. The molecule has 1 saturated heterocycles. The first-order valence-electron chi connectivity index (χ1n) is 5.11. The van der Waals surface area contributed by atoms with Gasteiger partial charge in [0.25, 0.3) is 0 Å². The second-order valence-electron chi connectivity index (χ2n) is 3.86. The molecule has 1 aliphatic rings. The van der Waals surface area contributed by atoms with Crippen molar-refractivity contribution in [3.8, 4) is 0 Å². The molecular formula is C10H17N3O. The Balaban J connectivity index is 2.19. The standard InChI is InChI=1S/C10H17N3O/c1-13-7-12-6-9(13)10-8(5-11)3-2-4-14-10/h6-8,10H,2-5,11H2,1H3. The summed E-state index contributed by atoms with van der Waals surface area (Å²) in [5.74, 6) is 0.444. The van der Waals surface area contributed by atoms with E-state index < -0.39 is 0 Å². The van der Waals surface area contributed by atoms with E-state index in [1.165, 1.54) is 0 Å². The number of nitrogens with two attached hydrogens (primary N) is 1. The number of ether oxygens (including phenoxy) is 1. The summed E-state index contributed by atoms with van der Waals surface area (Å²) in [4.78, 5) is 4.11. The molecule has 4 nitrogen and oxygen atoms in total. The van der Waals surface area contributed by atoms with Crippen molar-refractivity contribution >= 4 is 0 Å². The molecule has 78 valence electrons. The van der Waals surface area contributed by atoms with Gasteiger partial charge in [-0.3, -0.25) is 0 Å². The summed E-state index contributed by atoms with van der Waals surface area (Å²) in [6, 6.07) is 0. The number of rotatable bonds is 2. The molecule has 1 aromatic rings. The predicted octanol–water partition coefficient (Wildman–Crippen LogP) is 0.847. The van der Waals surface area contributed by atoms with Crippen LogP contribution in [-0.4, -0.2) is 22.7 Å². The largest absolute Gasteiger partial charge is 0.372 e. The van der Waals surface area contributed by atoms with Crippen molar-refractivity contribution in [1.29, 1.82) is 0 Å². The molecule has 1 aliphatic heterocycles. The Morgan fingerprint density at radius 3 is 3.21 bits per heavy atom. The molecule has 0 aromatic carbocycles. The van der Waals surface area contributed by atoms with Crippen LogP contribution >= 0.6 is 0 Å². The first kappa shape index (κ1) is 9.68. The van der Waals surface area contributed by atoms with Gasteiger partial charge < -0.3 is 15.0 Å². The van der Waals surface area contributed by atoms with Gasteiger partial charge in [-0.25, -0.2) is 4.98 Å². The van der Waals surface area contributed by atoms with Crippen LogP contribution < -0.4 is 5.73 Å². The maximum atomic E-state index is 5.77. The van der Waals surface area contributed by atoms with Gasteiger partial charge in [-0.15, -0.1) is 0 Å². The molecule has 0 amide bonds. The molecule has 2 heterocycles. The Morgan fingerprint density at radius 1 is 1.71 bits per heavy atom. The lowest BCUT2D eigenvalue weighted by Crippen LogP contribution is -2.29. The highest BCUT2D eigenvalue weighted by atomic mass is 16.5. The lowest BCUT2D eigenvalue weighted by molar-refractivity contribution is -0.0291. The van der Waals surface area contributed by atoms with Crippen molar-refractivity contribution < 1.29 is 4.74 Å². The number of hydrogen-bond donors (Lipinski definition) is 1. The van der Waals surface area contributed by atoms with Gasteiger partial charge in [-0.1, -0.05) is 0 Å². The first-order chi connectivity index (χ1) is 6.83. The molecule has 1 fully saturated rings. The topological polar surface area (TPSA) is 53.1 Å². The number of aryl methyl sites for hydroxylation is 1. The van der Waals surface area contributed by atoms with Gasteiger partial charge in [0, 0.05) is 19.6 Å². The molecule has 2 atom stereocenters. The van der Waals surface area contributed by atoms with Crippen LogP contribution in [0.25, 0.3) is 0 Å². The van der Waals surface area contributed by atoms with Crippen LogP contribution in [-0.2, 0) is 11.8 Å². The fraction of sp³-hybridized carbons (Fsp3) is 0.700. The zero-order chi connectivity index (χ0) is 9.97. The van der Waals surface area contributed by atoms with Gasteiger partial charge in [-0.05, 0) is 19.4 Å². The van der Waals surface area contributed by atoms with Gasteiger partial charge in [0.2, 0.25) is 0 Å². The van der Waals surface area contributed by atoms with Crippen molar-refractivity contribution in [2.75, 3.05) is 13.2 Å². The van der Waals surface area contributed by atoms with E-state index in [2.05, 4.69) is 4.98 Å². The van der Waals surface area contributed by atoms with Gasteiger partial charge in [0.15, 0.2) is 0 Å². The van der Waals surface area contributed by atoms with E-state index >= 15 is 0 Å². The zero-order valence-electron chi connectivity index (χ0n) is 8.52. The van der Waals surface area contributed by atoms with Crippen molar-refractivity contribution in [3.05, 3.63) is 18.2 Å². The minimum Gasteiger partial charge on any atom is -0.372 e. The highest BCUT2D eigenvalue weighted by Crippen LogP contribution is 2.32. The molecule has 1 aromatic heterocycles. The van der Waals surface area contributed by atoms with Crippen molar-refractivity contribution in [1.82, 2.24) is 9.55 Å². The van der Waals surface area contributed by atoms with Crippen LogP contribution in [0.2, 0.25) is 0 Å². The molecule has 2 rings (SSSR count). The van der Waals surface area contributed by atoms with Crippen LogP contribution in [0.3, 0.4) is 0 Å². The summed E-state index contributed by atoms with van der Waals surface area (Å²) in [6.07, 6.45) is 6.10. The Hall–Kier alpha value is -0.870. The fourth-order valence-corrected chi connectivity index (χ4v) is 2.05. The van der Waals surface area contributed by atoms with E-state index in [0.29, 0.717) is 12.5 Å². The first-order valence-corrected chi connectivity index (χ1v) is 5.11. The average molecular weight is 195 g/mol. The minimum atomic E-state index is 0.140. The Morgan fingerprint density at radius 2 is 2.57 bits per heavy atom. The number of nitrogens with zero attached hydrogens (tertiary/aromatic N) is 2. The van der Waals surface area contributed by atoms with E-state index in [4.69, 9.17) is 10.5 Å². The normalized spacial score (nSPS) is 27.9. The van der Waals surface area contributed by atoms with Gasteiger partial charge >= 0.3 is 0 Å². The van der Waals surface area contributed by atoms with Gasteiger partial charge in [0.1, 0.15) is 6.10 Å². The Kier molecular flexibility index (Phi) is 2.84. The van der Waals surface area contributed by atoms with E-state index in [-0.39, 0.29) is 6.10 Å². The second kappa shape index (κ2) is 4.11. The lowest BCUT2D eigenvalue weighted by atomic mass is 9.92. The third-order valence-electron chi connectivity index (χ3n) is 2.89. The second-order valence-corrected chi connectivity index (χ2v) is 3.86. The third kappa shape index (κ3) is 1.67. The van der Waals surface area contributed by atoms with Crippen molar-refractivity contribution in [2.45, 2.75) is 18.9 Å². The molecule has 14 heavy (non-hydrogen) atoms. The number of hydrogen-bond acceptors (Lipinski definition) is 3. The van der Waals surface area contributed by atoms with Crippen molar-refractivity contribution in [2.24, 2.45) is 18.7 Å². The fourth-order valence-electron chi connectivity index (χ4n) is 2.05. The van der Waals surface area contributed by atoms with Gasteiger partial charge in [0.05, 0.1) is 18.2 Å². The van der Waals surface area contributed by atoms with E-state index in [1.54, 1.807) is 6.33 Å². The maximum absolute atomic E-state index is 5.77. The quantitative estimate of drug-likeness (QED) is 0.761. The van der Waals surface area contributed by atoms with Crippen LogP contribution in [0.4, 0.5) is 0 Å². The molecule has 0 bridgehead atoms. The summed E-state index contributed by atoms with van der Waals surface area (Å²) in [6.45, 7) is 1.53. The van der Waals surface area contributed by atoms with Gasteiger partial charge in [-0.2, -0.15) is 0 Å². The summed E-state index contributed by atoms with van der Waals surface area (Å²) < 4.78 is 7.78. The molecule has 0 radical (unpaired) electrons. The summed E-state index contributed by atoms with van der Waals surface area (Å²) in [5.41, 5.74) is 6.88. The van der Waals surface area contributed by atoms with E-state index in [9.17, 15) is 0 Å². The van der Waals surface area contributed by atoms with Crippen LogP contribution in [0.1, 0.15) is 24.6 Å². The van der Waals surface area contributed by atoms with Crippen molar-refractivity contribution in [3.63, 3.8) is 0 Å². The molecule has 2 N–H and O–H groups in total. The SMILES string of the molecule is Cn1cncc1C1OCCCC1CN. The predicted molar refractivity (Wildman–Crippen MR) is 53.7 cm³/mol. The molecule has 0 saturated carbocycles. The smallest absolute Gasteiger partial charge is 0.103 e. The lowest BCUT2D eigenvalue weighted by Gasteiger charge is -2.30. The van der Waals surface area contributed by atoms with Crippen LogP contribution in [0.5, 0.6) is 0 Å². The number of aromatic nitrogens is 2. The molecular weight excluding hydrogens is 178 g/mol. The summed E-state index contributed by atoms with van der Waals surface area (Å²) in [5, 5.41) is 0. The van der Waals surface area contributed by atoms with E-state index in [1.807, 2.05) is 17.8 Å². The molecule has 4 heteroatoms. The molecule has 0 spiro atoms. The summed E-state index contributed by atoms with van der Waals surface area (Å²) in [7, 11) is 1.99. The molecule has 0 aliphatic carbocycles.